The van der Waals surface area contributed by atoms with E-state index in [9.17, 15) is 17.6 Å². The summed E-state index contributed by atoms with van der Waals surface area (Å²) in [6.07, 6.45) is 5.09. The number of hydrogen-bond donors (Lipinski definition) is 1. The predicted molar refractivity (Wildman–Crippen MR) is 136 cm³/mol. The Morgan fingerprint density at radius 1 is 1.14 bits per heavy atom. The Labute approximate surface area is 233 Å². The van der Waals surface area contributed by atoms with Crippen LogP contribution in [0.15, 0.2) is 58.5 Å². The van der Waals surface area contributed by atoms with Crippen LogP contribution in [0.5, 0.6) is 0 Å². The molecule has 0 spiro atoms. The van der Waals surface area contributed by atoms with Crippen molar-refractivity contribution >= 4 is 5.71 Å². The van der Waals surface area contributed by atoms with Gasteiger partial charge in [0, 0.05) is 43.4 Å². The minimum Gasteiger partial charge on any atom is -0.402 e. The summed E-state index contributed by atoms with van der Waals surface area (Å²) in [5, 5.41) is 0. The van der Waals surface area contributed by atoms with Crippen molar-refractivity contribution in [1.29, 1.82) is 0 Å². The van der Waals surface area contributed by atoms with Crippen LogP contribution in [0, 0.1) is 37.2 Å². The number of piperidine rings is 1. The zero-order chi connectivity index (χ0) is 26.1. The van der Waals surface area contributed by atoms with E-state index in [0.717, 1.165) is 12.1 Å². The van der Waals surface area contributed by atoms with E-state index in [1.807, 2.05) is 20.8 Å². The Morgan fingerprint density at radius 2 is 1.74 bits per heavy atom. The van der Waals surface area contributed by atoms with E-state index in [4.69, 9.17) is 5.73 Å². The molecule has 2 N–H and O–H groups in total. The molecule has 1 aromatic carbocycles. The predicted octanol–water partition coefficient (Wildman–Crippen LogP) is 7.50. The quantitative estimate of drug-likeness (QED) is 0.143. The molecule has 0 radical (unpaired) electrons. The Hall–Kier alpha value is -1.36. The van der Waals surface area contributed by atoms with Crippen LogP contribution in [-0.2, 0) is 6.18 Å². The van der Waals surface area contributed by atoms with E-state index < -0.39 is 17.6 Å². The summed E-state index contributed by atoms with van der Waals surface area (Å²) in [5.41, 5.74) is 6.03. The Bertz CT molecular complexity index is 816. The van der Waals surface area contributed by atoms with Crippen molar-refractivity contribution in [2.45, 2.75) is 66.5 Å². The molecule has 8 heteroatoms. The van der Waals surface area contributed by atoms with Crippen molar-refractivity contribution in [3.63, 3.8) is 0 Å². The molecular formula is C27H40F4N3U-. The molecule has 0 atom stereocenters. The number of rotatable bonds is 6. The van der Waals surface area contributed by atoms with E-state index in [0.29, 0.717) is 12.1 Å². The van der Waals surface area contributed by atoms with E-state index in [1.165, 1.54) is 51.4 Å². The molecule has 0 bridgehead atoms. The molecule has 0 aliphatic carbocycles. The van der Waals surface area contributed by atoms with Gasteiger partial charge in [0.1, 0.15) is 5.83 Å². The van der Waals surface area contributed by atoms with Crippen LogP contribution in [0.3, 0.4) is 0 Å². The molecule has 35 heavy (non-hydrogen) atoms. The molecule has 1 saturated heterocycles. The van der Waals surface area contributed by atoms with Crippen molar-refractivity contribution < 1.29 is 48.7 Å². The maximum Gasteiger partial charge on any atom is 0.381 e. The first-order valence-corrected chi connectivity index (χ1v) is 11.8. The first-order valence-electron chi connectivity index (χ1n) is 11.8. The average Bonchev–Trinajstić information content (AvgIpc) is 2.81. The maximum atomic E-state index is 14.3. The summed E-state index contributed by atoms with van der Waals surface area (Å²) in [6.45, 7) is 11.9. The van der Waals surface area contributed by atoms with Gasteiger partial charge in [-0.3, -0.25) is 0 Å². The van der Waals surface area contributed by atoms with Crippen LogP contribution in [0.25, 0.3) is 0 Å². The smallest absolute Gasteiger partial charge is 0.381 e. The zero-order valence-electron chi connectivity index (χ0n) is 21.9. The van der Waals surface area contributed by atoms with Crippen molar-refractivity contribution in [1.82, 2.24) is 4.90 Å². The standard InChI is InChI=1S/C19H21F4N2.C6H13N.C2H6.U/c1-4-5-6-17(20)14(3)18(25-12-11-13(2)24)15-7-9-16(10-8-15)19(21,22)23;1-7-5-3-2-4-6-7;1-2;/h5-7,9-11H,4,12,24H2,1-3H3;2-6H2,1H3;1-2H3;/q-1;;;/b6-5-,13-11+,17-14-,25-18?;;;. The third-order valence-electron chi connectivity index (χ3n) is 4.85. The minimum absolute atomic E-state index is 0. The monoisotopic (exact) mass is 720 g/mol. The summed E-state index contributed by atoms with van der Waals surface area (Å²) in [4.78, 5) is 6.66. The van der Waals surface area contributed by atoms with Crippen LogP contribution >= 0.6 is 0 Å². The van der Waals surface area contributed by atoms with Gasteiger partial charge in [0.05, 0.1) is 0 Å². The Kier molecular flexibility index (Phi) is 20.2. The molecule has 0 saturated carbocycles. The molecule has 0 amide bonds. The van der Waals surface area contributed by atoms with Crippen LogP contribution in [0.2, 0.25) is 0 Å². The molecule has 1 heterocycles. The number of halogens is 4. The largest absolute Gasteiger partial charge is 0.402 e. The molecule has 1 aliphatic heterocycles. The number of aliphatic imine (C=N–C) groups is 1. The van der Waals surface area contributed by atoms with E-state index in [-0.39, 0.29) is 54.5 Å². The number of nitrogens with two attached hydrogens (primary N) is 1. The zero-order valence-corrected chi connectivity index (χ0v) is 26.1. The summed E-state index contributed by atoms with van der Waals surface area (Å²) >= 11 is 0. The van der Waals surface area contributed by atoms with E-state index in [1.54, 1.807) is 19.1 Å². The SMILES string of the molecule is CC.CC/C=C\C(F)=C(/C)C(=NC/C=C(\C)N)c1[c-]cc(C(F)(F)F)cc1.CN1CCCCC1.[U]. The van der Waals surface area contributed by atoms with Gasteiger partial charge >= 0.3 is 6.18 Å². The normalized spacial score (nSPS) is 15.8. The third kappa shape index (κ3) is 15.4. The first-order chi connectivity index (χ1) is 16.1. The summed E-state index contributed by atoms with van der Waals surface area (Å²) in [7, 11) is 2.19. The number of hydrogen-bond acceptors (Lipinski definition) is 3. The molecule has 1 fully saturated rings. The number of allylic oxidation sites excluding steroid dienone is 5. The van der Waals surface area contributed by atoms with Crippen LogP contribution < -0.4 is 5.73 Å². The van der Waals surface area contributed by atoms with Gasteiger partial charge in [0.2, 0.25) is 0 Å². The van der Waals surface area contributed by atoms with E-state index in [2.05, 4.69) is 23.0 Å². The minimum atomic E-state index is -4.45. The molecule has 3 nitrogen and oxygen atoms in total. The number of alkyl halides is 3. The van der Waals surface area contributed by atoms with Gasteiger partial charge in [-0.05, 0) is 82.2 Å². The van der Waals surface area contributed by atoms with Crippen molar-refractivity contribution in [3.8, 4) is 0 Å². The second kappa shape index (κ2) is 19.8. The van der Waals surface area contributed by atoms with Crippen LogP contribution in [0.4, 0.5) is 17.6 Å². The fourth-order valence-electron chi connectivity index (χ4n) is 2.95. The van der Waals surface area contributed by atoms with Gasteiger partial charge in [0.15, 0.2) is 0 Å². The van der Waals surface area contributed by atoms with Gasteiger partial charge in [-0.25, -0.2) is 4.39 Å². The van der Waals surface area contributed by atoms with Gasteiger partial charge in [0.25, 0.3) is 0 Å². The second-order valence-electron chi connectivity index (χ2n) is 7.77. The molecule has 1 aromatic rings. The van der Waals surface area contributed by atoms with Gasteiger partial charge in [-0.1, -0.05) is 33.3 Å². The molecular weight excluding hydrogens is 680 g/mol. The van der Waals surface area contributed by atoms with Crippen LogP contribution in [0.1, 0.15) is 71.4 Å². The molecule has 196 valence electrons. The molecule has 1 aliphatic rings. The summed E-state index contributed by atoms with van der Waals surface area (Å²) in [5.74, 6) is -0.498. The van der Waals surface area contributed by atoms with Crippen molar-refractivity contribution in [3.05, 3.63) is 70.7 Å². The average molecular weight is 721 g/mol. The number of benzene rings is 1. The van der Waals surface area contributed by atoms with E-state index >= 15 is 0 Å². The van der Waals surface area contributed by atoms with Crippen molar-refractivity contribution in [2.75, 3.05) is 26.7 Å². The fraction of sp³-hybridized carbons (Fsp3) is 0.519. The summed E-state index contributed by atoms with van der Waals surface area (Å²) in [6, 6.07) is 5.55. The molecule has 0 unspecified atom stereocenters. The topological polar surface area (TPSA) is 41.6 Å². The van der Waals surface area contributed by atoms with Crippen LogP contribution in [-0.4, -0.2) is 37.3 Å². The fourth-order valence-corrected chi connectivity index (χ4v) is 2.95. The van der Waals surface area contributed by atoms with Gasteiger partial charge in [-0.15, -0.1) is 29.8 Å². The number of likely N-dealkylation sites (tertiary alicyclic amines) is 1. The molecule has 0 aromatic heterocycles. The Balaban J connectivity index is 0. The van der Waals surface area contributed by atoms with Crippen molar-refractivity contribution in [2.24, 2.45) is 10.7 Å². The third-order valence-corrected chi connectivity index (χ3v) is 4.85. The Morgan fingerprint density at radius 3 is 2.14 bits per heavy atom. The summed E-state index contributed by atoms with van der Waals surface area (Å²) < 4.78 is 52.3. The first kappa shape index (κ1) is 35.8. The van der Waals surface area contributed by atoms with Gasteiger partial charge < -0.3 is 15.6 Å². The second-order valence-corrected chi connectivity index (χ2v) is 7.77. The van der Waals surface area contributed by atoms with Gasteiger partial charge in [-0.2, -0.15) is 13.2 Å². The maximum absolute atomic E-state index is 14.3. The number of nitrogens with zero attached hydrogens (tertiary/aromatic N) is 2. The molecule has 2 rings (SSSR count).